The molecule has 0 N–H and O–H groups in total. The van der Waals surface area contributed by atoms with Gasteiger partial charge in [-0.3, -0.25) is 4.79 Å². The van der Waals surface area contributed by atoms with E-state index in [2.05, 4.69) is 28.1 Å². The summed E-state index contributed by atoms with van der Waals surface area (Å²) in [4.78, 5) is 21.9. The Morgan fingerprint density at radius 1 is 0.969 bits per heavy atom. The molecule has 1 aromatic heterocycles. The molecular weight excluding hydrogens is 442 g/mol. The summed E-state index contributed by atoms with van der Waals surface area (Å²) in [6.07, 6.45) is 1.60. The summed E-state index contributed by atoms with van der Waals surface area (Å²) < 4.78 is 25.0. The molecule has 164 valence electrons. The summed E-state index contributed by atoms with van der Waals surface area (Å²) in [5.74, 6) is 0.129. The van der Waals surface area contributed by atoms with Crippen molar-refractivity contribution in [1.82, 2.24) is 9.88 Å². The van der Waals surface area contributed by atoms with Crippen LogP contribution in [-0.2, 0) is 21.1 Å². The second kappa shape index (κ2) is 8.18. The van der Waals surface area contributed by atoms with Gasteiger partial charge in [0.1, 0.15) is 5.52 Å². The van der Waals surface area contributed by atoms with E-state index in [4.69, 9.17) is 0 Å². The summed E-state index contributed by atoms with van der Waals surface area (Å²) in [7, 11) is -3.34. The molecule has 0 atom stereocenters. The number of anilines is 1. The van der Waals surface area contributed by atoms with Crippen molar-refractivity contribution in [3.05, 3.63) is 66.2 Å². The van der Waals surface area contributed by atoms with E-state index in [-0.39, 0.29) is 10.8 Å². The maximum Gasteiger partial charge on any atom is 0.227 e. The smallest absolute Gasteiger partial charge is 0.227 e. The number of aromatic nitrogens is 1. The minimum atomic E-state index is -3.34. The molecule has 0 bridgehead atoms. The molecule has 1 aliphatic heterocycles. The Hall–Kier alpha value is -2.97. The van der Waals surface area contributed by atoms with Gasteiger partial charge in [0.25, 0.3) is 0 Å². The molecule has 4 aromatic rings. The number of piperazine rings is 1. The third-order valence-electron chi connectivity index (χ3n) is 5.89. The van der Waals surface area contributed by atoms with Gasteiger partial charge >= 0.3 is 0 Å². The molecule has 1 amide bonds. The van der Waals surface area contributed by atoms with Crippen molar-refractivity contribution in [3.63, 3.8) is 0 Å². The molecule has 0 spiro atoms. The molecule has 32 heavy (non-hydrogen) atoms. The van der Waals surface area contributed by atoms with Crippen LogP contribution in [0.3, 0.4) is 0 Å². The molecule has 0 radical (unpaired) electrons. The van der Waals surface area contributed by atoms with Gasteiger partial charge in [0, 0.05) is 32.4 Å². The van der Waals surface area contributed by atoms with Gasteiger partial charge in [-0.05, 0) is 28.5 Å². The number of carbonyl (C=O) groups excluding carboxylic acids is 1. The third kappa shape index (κ3) is 3.96. The first-order chi connectivity index (χ1) is 15.4. The number of sulfone groups is 1. The van der Waals surface area contributed by atoms with Crippen molar-refractivity contribution in [2.75, 3.05) is 37.3 Å². The number of thiazole rings is 1. The van der Waals surface area contributed by atoms with Crippen LogP contribution in [0, 0.1) is 0 Å². The highest BCUT2D eigenvalue weighted by atomic mass is 32.2. The third-order valence-corrected chi connectivity index (χ3v) is 8.10. The van der Waals surface area contributed by atoms with E-state index < -0.39 is 9.84 Å². The molecule has 0 saturated carbocycles. The van der Waals surface area contributed by atoms with Crippen LogP contribution in [0.15, 0.2) is 65.6 Å². The predicted molar refractivity (Wildman–Crippen MR) is 129 cm³/mol. The molecule has 8 heteroatoms. The van der Waals surface area contributed by atoms with Gasteiger partial charge in [-0.1, -0.05) is 59.9 Å². The lowest BCUT2D eigenvalue weighted by Gasteiger charge is -2.34. The molecule has 0 unspecified atom stereocenters. The molecule has 6 nitrogen and oxygen atoms in total. The highest BCUT2D eigenvalue weighted by molar-refractivity contribution is 7.91. The van der Waals surface area contributed by atoms with Gasteiger partial charge in [-0.25, -0.2) is 13.4 Å². The zero-order valence-corrected chi connectivity index (χ0v) is 19.3. The number of hydrogen-bond acceptors (Lipinski definition) is 6. The summed E-state index contributed by atoms with van der Waals surface area (Å²) in [6, 6.07) is 19.5. The maximum atomic E-state index is 13.0. The SMILES string of the molecule is CS(=O)(=O)c1cccc2sc(N3CCN(C(=O)Cc4cccc5ccccc45)CC3)nc12. The van der Waals surface area contributed by atoms with Crippen molar-refractivity contribution < 1.29 is 13.2 Å². The molecule has 0 aliphatic carbocycles. The number of rotatable bonds is 4. The number of para-hydroxylation sites is 1. The van der Waals surface area contributed by atoms with Crippen molar-refractivity contribution >= 4 is 53.2 Å². The van der Waals surface area contributed by atoms with E-state index in [0.717, 1.165) is 26.2 Å². The monoisotopic (exact) mass is 465 g/mol. The van der Waals surface area contributed by atoms with Gasteiger partial charge in [-0.2, -0.15) is 0 Å². The average molecular weight is 466 g/mol. The average Bonchev–Trinajstić information content (AvgIpc) is 3.23. The zero-order chi connectivity index (χ0) is 22.3. The van der Waals surface area contributed by atoms with Crippen LogP contribution >= 0.6 is 11.3 Å². The second-order valence-electron chi connectivity index (χ2n) is 8.05. The Labute approximate surface area is 191 Å². The number of amides is 1. The normalized spacial score (nSPS) is 14.9. The van der Waals surface area contributed by atoms with Crippen LogP contribution in [0.25, 0.3) is 21.0 Å². The predicted octanol–water partition coefficient (Wildman–Crippen LogP) is 3.74. The lowest BCUT2D eigenvalue weighted by Crippen LogP contribution is -2.49. The molecule has 1 fully saturated rings. The standard InChI is InChI=1S/C24H23N3O3S2/c1-32(29,30)21-11-5-10-20-23(21)25-24(31-20)27-14-12-26(13-15-27)22(28)16-18-8-4-7-17-6-2-3-9-19(17)18/h2-11H,12-16H2,1H3. The molecule has 1 saturated heterocycles. The fraction of sp³-hybridized carbons (Fsp3) is 0.250. The van der Waals surface area contributed by atoms with Gasteiger partial charge in [0.2, 0.25) is 5.91 Å². The highest BCUT2D eigenvalue weighted by Crippen LogP contribution is 2.33. The van der Waals surface area contributed by atoms with Gasteiger partial charge < -0.3 is 9.80 Å². The fourth-order valence-corrected chi connectivity index (χ4v) is 6.16. The minimum absolute atomic E-state index is 0.129. The number of nitrogens with zero attached hydrogens (tertiary/aromatic N) is 3. The summed E-state index contributed by atoms with van der Waals surface area (Å²) in [6.45, 7) is 2.60. The lowest BCUT2D eigenvalue weighted by atomic mass is 10.0. The number of carbonyl (C=O) groups is 1. The van der Waals surface area contributed by atoms with Crippen LogP contribution in [0.2, 0.25) is 0 Å². The molecule has 1 aliphatic rings. The van der Waals surface area contributed by atoms with Crippen LogP contribution in [0.1, 0.15) is 5.56 Å². The molecular formula is C24H23N3O3S2. The topological polar surface area (TPSA) is 70.6 Å². The van der Waals surface area contributed by atoms with Crippen LogP contribution < -0.4 is 4.90 Å². The minimum Gasteiger partial charge on any atom is -0.345 e. The maximum absolute atomic E-state index is 13.0. The largest absolute Gasteiger partial charge is 0.345 e. The van der Waals surface area contributed by atoms with E-state index >= 15 is 0 Å². The van der Waals surface area contributed by atoms with E-state index in [1.807, 2.05) is 35.2 Å². The van der Waals surface area contributed by atoms with Gasteiger partial charge in [-0.15, -0.1) is 0 Å². The van der Waals surface area contributed by atoms with Crippen molar-refractivity contribution in [3.8, 4) is 0 Å². The summed E-state index contributed by atoms with van der Waals surface area (Å²) in [5.41, 5.74) is 1.58. The Bertz CT molecular complexity index is 1420. The van der Waals surface area contributed by atoms with Crippen molar-refractivity contribution in [2.24, 2.45) is 0 Å². The van der Waals surface area contributed by atoms with Crippen LogP contribution in [-0.4, -0.2) is 56.6 Å². The quantitative estimate of drug-likeness (QED) is 0.459. The number of fused-ring (bicyclic) bond motifs is 2. The van der Waals surface area contributed by atoms with Crippen LogP contribution in [0.4, 0.5) is 5.13 Å². The summed E-state index contributed by atoms with van der Waals surface area (Å²) in [5, 5.41) is 3.07. The zero-order valence-electron chi connectivity index (χ0n) is 17.7. The molecule has 2 heterocycles. The lowest BCUT2D eigenvalue weighted by molar-refractivity contribution is -0.130. The Morgan fingerprint density at radius 3 is 2.47 bits per heavy atom. The van der Waals surface area contributed by atoms with E-state index in [1.165, 1.54) is 17.6 Å². The molecule has 3 aromatic carbocycles. The van der Waals surface area contributed by atoms with Gasteiger partial charge in [0.05, 0.1) is 16.0 Å². The first-order valence-electron chi connectivity index (χ1n) is 10.5. The number of hydrogen-bond donors (Lipinski definition) is 0. The Balaban J connectivity index is 1.29. The van der Waals surface area contributed by atoms with E-state index in [9.17, 15) is 13.2 Å². The van der Waals surface area contributed by atoms with Crippen LogP contribution in [0.5, 0.6) is 0 Å². The first kappa shape index (κ1) is 20.9. The highest BCUT2D eigenvalue weighted by Gasteiger charge is 2.24. The van der Waals surface area contributed by atoms with E-state index in [0.29, 0.717) is 38.1 Å². The Morgan fingerprint density at radius 2 is 1.69 bits per heavy atom. The Kier molecular flexibility index (Phi) is 5.35. The molecule has 5 rings (SSSR count). The van der Waals surface area contributed by atoms with E-state index in [1.54, 1.807) is 12.1 Å². The number of benzene rings is 3. The van der Waals surface area contributed by atoms with Crippen molar-refractivity contribution in [1.29, 1.82) is 0 Å². The second-order valence-corrected chi connectivity index (χ2v) is 11.0. The summed E-state index contributed by atoms with van der Waals surface area (Å²) >= 11 is 1.49. The van der Waals surface area contributed by atoms with Crippen molar-refractivity contribution in [2.45, 2.75) is 11.3 Å². The van der Waals surface area contributed by atoms with Gasteiger partial charge in [0.15, 0.2) is 15.0 Å². The first-order valence-corrected chi connectivity index (χ1v) is 13.2. The fourth-order valence-electron chi connectivity index (χ4n) is 4.21.